The summed E-state index contributed by atoms with van der Waals surface area (Å²) in [5, 5.41) is 8.29. The van der Waals surface area contributed by atoms with Gasteiger partial charge in [0.15, 0.2) is 5.65 Å². The van der Waals surface area contributed by atoms with Crippen LogP contribution in [0.1, 0.15) is 11.4 Å². The van der Waals surface area contributed by atoms with E-state index in [4.69, 9.17) is 0 Å². The van der Waals surface area contributed by atoms with E-state index in [0.29, 0.717) is 6.54 Å². The second-order valence-corrected chi connectivity index (χ2v) is 4.23. The number of aromatic nitrogens is 6. The van der Waals surface area contributed by atoms with Gasteiger partial charge in [0, 0.05) is 13.2 Å². The van der Waals surface area contributed by atoms with Gasteiger partial charge in [0.2, 0.25) is 0 Å². The average Bonchev–Trinajstić information content (AvgIpc) is 2.81. The molecule has 1 N–H and O–H groups in total. The number of anilines is 1. The van der Waals surface area contributed by atoms with Crippen LogP contribution in [0, 0.1) is 6.92 Å². The smallest absolute Gasteiger partial charge is 0.163 e. The van der Waals surface area contributed by atoms with E-state index in [2.05, 4.69) is 30.4 Å². The molecule has 0 radical (unpaired) electrons. The number of nitrogens with zero attached hydrogens (tertiary/aromatic N) is 6. The standard InChI is InChI=1S/C12H13N7/c1-8-3-14-9(4-13-8)5-15-11-10-6-18-19(2)12(10)17-7-16-11/h3-4,6-7H,5H2,1-2H3,(H,15,16,17). The van der Waals surface area contributed by atoms with E-state index in [0.717, 1.165) is 28.2 Å². The molecule has 0 aromatic carbocycles. The normalized spacial score (nSPS) is 10.8. The maximum atomic E-state index is 4.29. The van der Waals surface area contributed by atoms with E-state index < -0.39 is 0 Å². The van der Waals surface area contributed by atoms with Crippen molar-refractivity contribution in [3.8, 4) is 0 Å². The molecule has 7 heteroatoms. The quantitative estimate of drug-likeness (QED) is 0.754. The Bertz CT molecular complexity index is 702. The van der Waals surface area contributed by atoms with Gasteiger partial charge in [-0.25, -0.2) is 9.97 Å². The zero-order valence-corrected chi connectivity index (χ0v) is 10.7. The molecule has 96 valence electrons. The highest BCUT2D eigenvalue weighted by Crippen LogP contribution is 2.17. The van der Waals surface area contributed by atoms with E-state index in [1.807, 2.05) is 14.0 Å². The van der Waals surface area contributed by atoms with Crippen LogP contribution >= 0.6 is 0 Å². The van der Waals surface area contributed by atoms with E-state index in [-0.39, 0.29) is 0 Å². The summed E-state index contributed by atoms with van der Waals surface area (Å²) in [6.45, 7) is 2.47. The summed E-state index contributed by atoms with van der Waals surface area (Å²) in [4.78, 5) is 16.9. The minimum atomic E-state index is 0.564. The molecule has 0 aliphatic heterocycles. The van der Waals surface area contributed by atoms with Crippen molar-refractivity contribution in [1.82, 2.24) is 29.7 Å². The molecule has 3 aromatic heterocycles. The molecule has 3 rings (SSSR count). The Morgan fingerprint density at radius 3 is 2.79 bits per heavy atom. The van der Waals surface area contributed by atoms with E-state index in [9.17, 15) is 0 Å². The lowest BCUT2D eigenvalue weighted by atomic mass is 10.3. The lowest BCUT2D eigenvalue weighted by Gasteiger charge is -2.05. The van der Waals surface area contributed by atoms with Gasteiger partial charge in [-0.2, -0.15) is 5.10 Å². The summed E-state index contributed by atoms with van der Waals surface area (Å²) >= 11 is 0. The number of nitrogens with one attached hydrogen (secondary N) is 1. The van der Waals surface area contributed by atoms with Gasteiger partial charge in [-0.3, -0.25) is 14.6 Å². The predicted octanol–water partition coefficient (Wildman–Crippen LogP) is 1.07. The molecule has 19 heavy (non-hydrogen) atoms. The Labute approximate surface area is 109 Å². The monoisotopic (exact) mass is 255 g/mol. The zero-order chi connectivity index (χ0) is 13.2. The van der Waals surface area contributed by atoms with Crippen LogP contribution in [0.2, 0.25) is 0 Å². The first-order chi connectivity index (χ1) is 9.24. The predicted molar refractivity (Wildman–Crippen MR) is 70.4 cm³/mol. The van der Waals surface area contributed by atoms with Crippen molar-refractivity contribution in [2.24, 2.45) is 7.05 Å². The molecule has 0 bridgehead atoms. The van der Waals surface area contributed by atoms with Crippen LogP contribution in [-0.4, -0.2) is 29.7 Å². The Morgan fingerprint density at radius 1 is 1.11 bits per heavy atom. The third-order valence-corrected chi connectivity index (χ3v) is 2.80. The first-order valence-electron chi connectivity index (χ1n) is 5.88. The SMILES string of the molecule is Cc1cnc(CNc2ncnc3c2cnn3C)cn1. The van der Waals surface area contributed by atoms with Crippen molar-refractivity contribution in [3.05, 3.63) is 36.3 Å². The Morgan fingerprint density at radius 2 is 2.00 bits per heavy atom. The van der Waals surface area contributed by atoms with Crippen LogP contribution in [-0.2, 0) is 13.6 Å². The highest BCUT2D eigenvalue weighted by Gasteiger charge is 2.07. The van der Waals surface area contributed by atoms with Gasteiger partial charge in [0.05, 0.1) is 35.7 Å². The number of hydrogen-bond acceptors (Lipinski definition) is 6. The molecule has 0 fully saturated rings. The number of hydrogen-bond donors (Lipinski definition) is 1. The van der Waals surface area contributed by atoms with Crippen molar-refractivity contribution in [1.29, 1.82) is 0 Å². The molecular formula is C12H13N7. The van der Waals surface area contributed by atoms with Gasteiger partial charge >= 0.3 is 0 Å². The van der Waals surface area contributed by atoms with Gasteiger partial charge in [-0.15, -0.1) is 0 Å². The van der Waals surface area contributed by atoms with Crippen LogP contribution < -0.4 is 5.32 Å². The molecule has 7 nitrogen and oxygen atoms in total. The third kappa shape index (κ3) is 2.22. The van der Waals surface area contributed by atoms with Crippen molar-refractivity contribution < 1.29 is 0 Å². The Kier molecular flexibility index (Phi) is 2.79. The van der Waals surface area contributed by atoms with Gasteiger partial charge < -0.3 is 5.32 Å². The third-order valence-electron chi connectivity index (χ3n) is 2.80. The van der Waals surface area contributed by atoms with E-state index >= 15 is 0 Å². The van der Waals surface area contributed by atoms with Gasteiger partial charge in [0.1, 0.15) is 12.1 Å². The van der Waals surface area contributed by atoms with E-state index in [1.54, 1.807) is 23.3 Å². The summed E-state index contributed by atoms with van der Waals surface area (Å²) in [5.41, 5.74) is 2.56. The lowest BCUT2D eigenvalue weighted by Crippen LogP contribution is -2.05. The highest BCUT2D eigenvalue weighted by atomic mass is 15.3. The summed E-state index contributed by atoms with van der Waals surface area (Å²) in [7, 11) is 1.85. The Hall–Kier alpha value is -2.57. The highest BCUT2D eigenvalue weighted by molar-refractivity contribution is 5.85. The summed E-state index contributed by atoms with van der Waals surface area (Å²) in [6, 6.07) is 0. The summed E-state index contributed by atoms with van der Waals surface area (Å²) in [6.07, 6.45) is 6.77. The largest absolute Gasteiger partial charge is 0.364 e. The second-order valence-electron chi connectivity index (χ2n) is 4.23. The molecule has 0 unspecified atom stereocenters. The molecule has 0 aliphatic carbocycles. The fraction of sp³-hybridized carbons (Fsp3) is 0.250. The molecule has 0 amide bonds. The molecule has 0 saturated heterocycles. The Balaban J connectivity index is 1.83. The molecule has 0 aliphatic rings. The summed E-state index contributed by atoms with van der Waals surface area (Å²) < 4.78 is 1.72. The molecule has 0 atom stereocenters. The maximum Gasteiger partial charge on any atom is 0.163 e. The van der Waals surface area contributed by atoms with Gasteiger partial charge in [-0.1, -0.05) is 0 Å². The number of rotatable bonds is 3. The van der Waals surface area contributed by atoms with Crippen LogP contribution in [0.3, 0.4) is 0 Å². The van der Waals surface area contributed by atoms with Crippen molar-refractivity contribution >= 4 is 16.9 Å². The number of fused-ring (bicyclic) bond motifs is 1. The zero-order valence-electron chi connectivity index (χ0n) is 10.7. The molecule has 0 saturated carbocycles. The van der Waals surface area contributed by atoms with E-state index in [1.165, 1.54) is 6.33 Å². The molecule has 3 aromatic rings. The van der Waals surface area contributed by atoms with Crippen LogP contribution in [0.5, 0.6) is 0 Å². The van der Waals surface area contributed by atoms with Crippen LogP contribution in [0.15, 0.2) is 24.9 Å². The lowest BCUT2D eigenvalue weighted by molar-refractivity contribution is 0.785. The second kappa shape index (κ2) is 4.60. The maximum absolute atomic E-state index is 4.29. The first-order valence-corrected chi connectivity index (χ1v) is 5.88. The number of aryl methyl sites for hydroxylation is 2. The van der Waals surface area contributed by atoms with Crippen molar-refractivity contribution in [3.63, 3.8) is 0 Å². The molecule has 3 heterocycles. The van der Waals surface area contributed by atoms with Crippen molar-refractivity contribution in [2.75, 3.05) is 5.32 Å². The topological polar surface area (TPSA) is 81.4 Å². The van der Waals surface area contributed by atoms with Gasteiger partial charge in [-0.05, 0) is 6.92 Å². The van der Waals surface area contributed by atoms with Gasteiger partial charge in [0.25, 0.3) is 0 Å². The fourth-order valence-corrected chi connectivity index (χ4v) is 1.79. The average molecular weight is 255 g/mol. The first kappa shape index (κ1) is 11.5. The van der Waals surface area contributed by atoms with Crippen LogP contribution in [0.4, 0.5) is 5.82 Å². The summed E-state index contributed by atoms with van der Waals surface area (Å²) in [5.74, 6) is 0.750. The minimum absolute atomic E-state index is 0.564. The molecule has 0 spiro atoms. The van der Waals surface area contributed by atoms with Crippen molar-refractivity contribution in [2.45, 2.75) is 13.5 Å². The van der Waals surface area contributed by atoms with Crippen LogP contribution in [0.25, 0.3) is 11.0 Å². The fourth-order valence-electron chi connectivity index (χ4n) is 1.79. The minimum Gasteiger partial charge on any atom is -0.364 e. The molecular weight excluding hydrogens is 242 g/mol.